The summed E-state index contributed by atoms with van der Waals surface area (Å²) in [5.74, 6) is 7.11. The molecule has 0 amide bonds. The quantitative estimate of drug-likeness (QED) is 0.409. The Morgan fingerprint density at radius 2 is 1.91 bits per heavy atom. The summed E-state index contributed by atoms with van der Waals surface area (Å²) in [5, 5.41) is 41.6. The fourth-order valence-electron chi connectivity index (χ4n) is 6.78. The molecule has 0 bridgehead atoms. The van der Waals surface area contributed by atoms with Gasteiger partial charge in [0.15, 0.2) is 0 Å². The lowest BCUT2D eigenvalue weighted by Gasteiger charge is -2.44. The van der Waals surface area contributed by atoms with Crippen molar-refractivity contribution < 1.29 is 20.4 Å². The van der Waals surface area contributed by atoms with Crippen molar-refractivity contribution in [3.63, 3.8) is 0 Å². The van der Waals surface area contributed by atoms with E-state index in [0.29, 0.717) is 43.9 Å². The minimum atomic E-state index is -0.756. The van der Waals surface area contributed by atoms with E-state index < -0.39 is 23.9 Å². The fraction of sp³-hybridized carbons (Fsp3) is 0.733. The van der Waals surface area contributed by atoms with Gasteiger partial charge in [-0.25, -0.2) is 0 Å². The van der Waals surface area contributed by atoms with Crippen molar-refractivity contribution in [2.45, 2.75) is 116 Å². The van der Waals surface area contributed by atoms with Gasteiger partial charge in [0.2, 0.25) is 0 Å². The molecule has 0 spiro atoms. The Balaban J connectivity index is 1.73. The van der Waals surface area contributed by atoms with E-state index in [2.05, 4.69) is 44.4 Å². The lowest BCUT2D eigenvalue weighted by molar-refractivity contribution is 0.0364. The van der Waals surface area contributed by atoms with Gasteiger partial charge in [0.1, 0.15) is 6.10 Å². The van der Waals surface area contributed by atoms with Crippen LogP contribution in [0.5, 0.6) is 0 Å². The van der Waals surface area contributed by atoms with Gasteiger partial charge in [0, 0.05) is 12.8 Å². The van der Waals surface area contributed by atoms with Crippen molar-refractivity contribution in [2.75, 3.05) is 0 Å². The zero-order valence-electron chi connectivity index (χ0n) is 21.7. The topological polar surface area (TPSA) is 80.9 Å². The van der Waals surface area contributed by atoms with E-state index in [1.165, 1.54) is 5.57 Å². The number of allylic oxidation sites excluding steroid dienone is 3. The first-order valence-electron chi connectivity index (χ1n) is 13.4. The SMILES string of the molecule is C=C1/C(=C/C=C2\CCC[C@]3(C)[C@@H]([C@@H](C)[C@H](O)C#CCC(O)(CC)CC)CC[C@@H]23)C[C@@H](O)C[C@@H]1O. The maximum Gasteiger partial charge on any atom is 0.117 e. The largest absolute Gasteiger partial charge is 0.393 e. The van der Waals surface area contributed by atoms with E-state index in [-0.39, 0.29) is 11.3 Å². The maximum atomic E-state index is 10.9. The van der Waals surface area contributed by atoms with Crippen LogP contribution in [-0.2, 0) is 0 Å². The van der Waals surface area contributed by atoms with Gasteiger partial charge in [-0.3, -0.25) is 0 Å². The predicted molar refractivity (Wildman–Crippen MR) is 138 cm³/mol. The van der Waals surface area contributed by atoms with Gasteiger partial charge >= 0.3 is 0 Å². The number of hydrogen-bond acceptors (Lipinski definition) is 4. The molecule has 34 heavy (non-hydrogen) atoms. The predicted octanol–water partition coefficient (Wildman–Crippen LogP) is 5.07. The molecule has 4 heteroatoms. The van der Waals surface area contributed by atoms with E-state index in [1.807, 2.05) is 13.8 Å². The molecule has 190 valence electrons. The second-order valence-corrected chi connectivity index (χ2v) is 11.4. The number of fused-ring (bicyclic) bond motifs is 1. The van der Waals surface area contributed by atoms with Gasteiger partial charge in [0.05, 0.1) is 17.8 Å². The van der Waals surface area contributed by atoms with Crippen molar-refractivity contribution >= 4 is 0 Å². The van der Waals surface area contributed by atoms with E-state index in [1.54, 1.807) is 0 Å². The number of rotatable bonds is 6. The lowest BCUT2D eigenvalue weighted by Crippen LogP contribution is -2.39. The van der Waals surface area contributed by atoms with Crippen LogP contribution in [0.3, 0.4) is 0 Å². The number of hydrogen-bond donors (Lipinski definition) is 4. The molecule has 4 N–H and O–H groups in total. The number of aliphatic hydroxyl groups is 4. The molecule has 0 aromatic heterocycles. The van der Waals surface area contributed by atoms with E-state index >= 15 is 0 Å². The highest BCUT2D eigenvalue weighted by molar-refractivity contribution is 5.38. The minimum absolute atomic E-state index is 0.0833. The van der Waals surface area contributed by atoms with Gasteiger partial charge < -0.3 is 20.4 Å². The van der Waals surface area contributed by atoms with Crippen LogP contribution in [0.15, 0.2) is 35.5 Å². The standard InChI is InChI=1S/C30H46O4/c1-6-30(34,7-2)17-9-11-27(32)21(4)25-14-15-26-22(10-8-16-29(25,26)5)12-13-23-18-24(31)19-28(33)20(23)3/h12-13,21,24-28,31-34H,3,6-8,10,14-19H2,1-2,4-5H3/b22-12+,23-13+/t21-,24-,25-,26+,27-,28+,29-/m1/s1. The molecule has 3 saturated carbocycles. The summed E-state index contributed by atoms with van der Waals surface area (Å²) in [5.41, 5.74) is 2.53. The molecule has 0 saturated heterocycles. The molecule has 3 fully saturated rings. The summed E-state index contributed by atoms with van der Waals surface area (Å²) in [6.45, 7) is 12.5. The molecule has 3 rings (SSSR count). The van der Waals surface area contributed by atoms with Crippen LogP contribution in [0.25, 0.3) is 0 Å². The molecule has 0 aromatic carbocycles. The van der Waals surface area contributed by atoms with Gasteiger partial charge in [-0.2, -0.15) is 0 Å². The Morgan fingerprint density at radius 1 is 1.21 bits per heavy atom. The number of aliphatic hydroxyl groups excluding tert-OH is 3. The summed E-state index contributed by atoms with van der Waals surface area (Å²) in [6, 6.07) is 0. The first kappa shape index (κ1) is 27.2. The van der Waals surface area contributed by atoms with E-state index in [9.17, 15) is 20.4 Å². The average molecular weight is 471 g/mol. The summed E-state index contributed by atoms with van der Waals surface area (Å²) in [4.78, 5) is 0. The second kappa shape index (κ2) is 11.1. The molecule has 3 aliphatic rings. The Bertz CT molecular complexity index is 855. The second-order valence-electron chi connectivity index (χ2n) is 11.4. The Morgan fingerprint density at radius 3 is 2.59 bits per heavy atom. The first-order valence-corrected chi connectivity index (χ1v) is 13.4. The summed E-state index contributed by atoms with van der Waals surface area (Å²) in [7, 11) is 0. The van der Waals surface area contributed by atoms with Crippen LogP contribution in [-0.4, -0.2) is 44.3 Å². The Hall–Kier alpha value is -1.38. The van der Waals surface area contributed by atoms with Crippen molar-refractivity contribution in [1.29, 1.82) is 0 Å². The molecule has 0 aliphatic heterocycles. The van der Waals surface area contributed by atoms with Gasteiger partial charge in [-0.1, -0.05) is 63.8 Å². The van der Waals surface area contributed by atoms with Gasteiger partial charge in [0.25, 0.3) is 0 Å². The monoisotopic (exact) mass is 470 g/mol. The van der Waals surface area contributed by atoms with Crippen molar-refractivity contribution in [3.8, 4) is 11.8 Å². The Labute approximate surface area is 206 Å². The third-order valence-electron chi connectivity index (χ3n) is 9.42. The average Bonchev–Trinajstić information content (AvgIpc) is 3.17. The van der Waals surface area contributed by atoms with E-state index in [4.69, 9.17) is 0 Å². The maximum absolute atomic E-state index is 10.9. The van der Waals surface area contributed by atoms with Crippen LogP contribution >= 0.6 is 0 Å². The molecule has 7 atom stereocenters. The van der Waals surface area contributed by atoms with Crippen LogP contribution < -0.4 is 0 Å². The smallest absolute Gasteiger partial charge is 0.117 e. The molecule has 0 heterocycles. The van der Waals surface area contributed by atoms with Crippen LogP contribution in [0.4, 0.5) is 0 Å². The molecule has 4 nitrogen and oxygen atoms in total. The van der Waals surface area contributed by atoms with Crippen LogP contribution in [0.1, 0.15) is 91.9 Å². The third-order valence-corrected chi connectivity index (χ3v) is 9.42. The van der Waals surface area contributed by atoms with Gasteiger partial charge in [-0.05, 0) is 85.7 Å². The van der Waals surface area contributed by atoms with Crippen molar-refractivity contribution in [2.24, 2.45) is 23.2 Å². The zero-order chi connectivity index (χ0) is 25.1. The van der Waals surface area contributed by atoms with Crippen molar-refractivity contribution in [1.82, 2.24) is 0 Å². The van der Waals surface area contributed by atoms with Crippen LogP contribution in [0.2, 0.25) is 0 Å². The third kappa shape index (κ3) is 5.71. The molecule has 0 unspecified atom stereocenters. The molecule has 3 aliphatic carbocycles. The Kier molecular flexibility index (Phi) is 8.90. The highest BCUT2D eigenvalue weighted by Crippen LogP contribution is 2.59. The van der Waals surface area contributed by atoms with E-state index in [0.717, 1.165) is 43.3 Å². The molecular formula is C30H46O4. The van der Waals surface area contributed by atoms with Gasteiger partial charge in [-0.15, -0.1) is 0 Å². The van der Waals surface area contributed by atoms with Crippen LogP contribution in [0, 0.1) is 35.0 Å². The summed E-state index contributed by atoms with van der Waals surface area (Å²) < 4.78 is 0. The first-order chi connectivity index (χ1) is 16.0. The normalized spacial score (nSPS) is 36.2. The molecule has 0 aromatic rings. The fourth-order valence-corrected chi connectivity index (χ4v) is 6.78. The zero-order valence-corrected chi connectivity index (χ0v) is 21.7. The summed E-state index contributed by atoms with van der Waals surface area (Å²) >= 11 is 0. The molecule has 0 radical (unpaired) electrons. The summed E-state index contributed by atoms with van der Waals surface area (Å²) in [6.07, 6.45) is 10.7. The van der Waals surface area contributed by atoms with Crippen molar-refractivity contribution in [3.05, 3.63) is 35.5 Å². The minimum Gasteiger partial charge on any atom is -0.393 e. The molecular weight excluding hydrogens is 424 g/mol. The highest BCUT2D eigenvalue weighted by atomic mass is 16.3. The lowest BCUT2D eigenvalue weighted by atomic mass is 9.60. The highest BCUT2D eigenvalue weighted by Gasteiger charge is 2.51.